The number of ketones is 1. The van der Waals surface area contributed by atoms with Crippen LogP contribution in [0.25, 0.3) is 10.8 Å². The summed E-state index contributed by atoms with van der Waals surface area (Å²) in [5.74, 6) is 0.137. The monoisotopic (exact) mass is 210 g/mol. The third-order valence-corrected chi connectivity index (χ3v) is 2.53. The van der Waals surface area contributed by atoms with Gasteiger partial charge in [-0.3, -0.25) is 4.79 Å². The number of fused-ring (bicyclic) bond motifs is 1. The first kappa shape index (κ1) is 10.6. The van der Waals surface area contributed by atoms with E-state index < -0.39 is 0 Å². The van der Waals surface area contributed by atoms with Gasteiger partial charge >= 0.3 is 0 Å². The van der Waals surface area contributed by atoms with Gasteiger partial charge in [-0.2, -0.15) is 0 Å². The molecule has 0 spiro atoms. The number of benzene rings is 2. The molecule has 0 radical (unpaired) electrons. The van der Waals surface area contributed by atoms with Crippen molar-refractivity contribution in [3.8, 4) is 0 Å². The number of carbonyl (C=O) groups is 1. The molecule has 0 saturated carbocycles. The third-order valence-electron chi connectivity index (χ3n) is 2.53. The highest BCUT2D eigenvalue weighted by atomic mass is 16.1. The Morgan fingerprint density at radius 2 is 1.81 bits per heavy atom. The van der Waals surface area contributed by atoms with Crippen molar-refractivity contribution in [2.75, 3.05) is 0 Å². The Morgan fingerprint density at radius 3 is 2.50 bits per heavy atom. The molecule has 16 heavy (non-hydrogen) atoms. The Balaban J connectivity index is 2.39. The van der Waals surface area contributed by atoms with Crippen LogP contribution < -0.4 is 0 Å². The number of hydrogen-bond donors (Lipinski definition) is 0. The van der Waals surface area contributed by atoms with Crippen LogP contribution in [0.15, 0.2) is 54.6 Å². The SMILES string of the molecule is C=C(C)CC(=O)c1ccc2ccccc2c1. The van der Waals surface area contributed by atoms with E-state index in [-0.39, 0.29) is 5.78 Å². The van der Waals surface area contributed by atoms with Gasteiger partial charge in [0.25, 0.3) is 0 Å². The Bertz CT molecular complexity index is 552. The van der Waals surface area contributed by atoms with Crippen molar-refractivity contribution in [3.63, 3.8) is 0 Å². The third kappa shape index (κ3) is 2.19. The van der Waals surface area contributed by atoms with Gasteiger partial charge in [0.1, 0.15) is 0 Å². The van der Waals surface area contributed by atoms with Crippen molar-refractivity contribution in [1.82, 2.24) is 0 Å². The molecule has 0 atom stereocenters. The standard InChI is InChI=1S/C15H14O/c1-11(2)9-15(16)14-8-7-12-5-3-4-6-13(12)10-14/h3-8,10H,1,9H2,2H3. The summed E-state index contributed by atoms with van der Waals surface area (Å²) < 4.78 is 0. The molecule has 0 N–H and O–H groups in total. The van der Waals surface area contributed by atoms with E-state index in [2.05, 4.69) is 6.58 Å². The first-order valence-electron chi connectivity index (χ1n) is 5.33. The molecule has 0 aliphatic heterocycles. The predicted octanol–water partition coefficient (Wildman–Crippen LogP) is 3.99. The highest BCUT2D eigenvalue weighted by Gasteiger charge is 2.06. The summed E-state index contributed by atoms with van der Waals surface area (Å²) in [6, 6.07) is 13.9. The van der Waals surface area contributed by atoms with Gasteiger partial charge in [-0.15, -0.1) is 0 Å². The van der Waals surface area contributed by atoms with Crippen LogP contribution in [0.5, 0.6) is 0 Å². The largest absolute Gasteiger partial charge is 0.294 e. The first-order chi connectivity index (χ1) is 7.66. The van der Waals surface area contributed by atoms with E-state index in [1.807, 2.05) is 49.4 Å². The zero-order valence-electron chi connectivity index (χ0n) is 9.36. The molecule has 1 heteroatoms. The van der Waals surface area contributed by atoms with Gasteiger partial charge < -0.3 is 0 Å². The topological polar surface area (TPSA) is 17.1 Å². The van der Waals surface area contributed by atoms with Gasteiger partial charge in [-0.25, -0.2) is 0 Å². The molecule has 0 amide bonds. The lowest BCUT2D eigenvalue weighted by Gasteiger charge is -2.02. The normalized spacial score (nSPS) is 10.3. The molecule has 0 saturated heterocycles. The number of rotatable bonds is 3. The summed E-state index contributed by atoms with van der Waals surface area (Å²) in [6.45, 7) is 5.64. The number of allylic oxidation sites excluding steroid dienone is 1. The van der Waals surface area contributed by atoms with Crippen LogP contribution in [-0.4, -0.2) is 5.78 Å². The summed E-state index contributed by atoms with van der Waals surface area (Å²) in [5, 5.41) is 2.27. The van der Waals surface area contributed by atoms with Crippen LogP contribution in [0.2, 0.25) is 0 Å². The second-order valence-electron chi connectivity index (χ2n) is 4.12. The smallest absolute Gasteiger partial charge is 0.166 e. The number of carbonyl (C=O) groups excluding carboxylic acids is 1. The van der Waals surface area contributed by atoms with E-state index >= 15 is 0 Å². The van der Waals surface area contributed by atoms with Gasteiger partial charge in [0.15, 0.2) is 5.78 Å². The molecule has 2 rings (SSSR count). The molecule has 2 aromatic rings. The Morgan fingerprint density at radius 1 is 1.12 bits per heavy atom. The van der Waals surface area contributed by atoms with Gasteiger partial charge in [-0.05, 0) is 23.8 Å². The van der Waals surface area contributed by atoms with Gasteiger partial charge in [-0.1, -0.05) is 48.6 Å². The molecule has 0 aromatic heterocycles. The predicted molar refractivity (Wildman–Crippen MR) is 67.7 cm³/mol. The first-order valence-corrected chi connectivity index (χ1v) is 5.33. The van der Waals surface area contributed by atoms with E-state index in [0.717, 1.165) is 21.9 Å². The minimum absolute atomic E-state index is 0.137. The van der Waals surface area contributed by atoms with Crippen LogP contribution in [0.4, 0.5) is 0 Å². The van der Waals surface area contributed by atoms with Crippen LogP contribution in [-0.2, 0) is 0 Å². The van der Waals surface area contributed by atoms with Crippen LogP contribution in [0.3, 0.4) is 0 Å². The minimum atomic E-state index is 0.137. The van der Waals surface area contributed by atoms with E-state index in [1.54, 1.807) is 0 Å². The zero-order valence-corrected chi connectivity index (χ0v) is 9.36. The average Bonchev–Trinajstić information content (AvgIpc) is 2.27. The van der Waals surface area contributed by atoms with Crippen molar-refractivity contribution in [2.45, 2.75) is 13.3 Å². The van der Waals surface area contributed by atoms with E-state index in [9.17, 15) is 4.79 Å². The molecule has 0 aliphatic rings. The van der Waals surface area contributed by atoms with Gasteiger partial charge in [0.05, 0.1) is 0 Å². The van der Waals surface area contributed by atoms with Crippen molar-refractivity contribution in [1.29, 1.82) is 0 Å². The quantitative estimate of drug-likeness (QED) is 0.553. The molecule has 0 fully saturated rings. The van der Waals surface area contributed by atoms with E-state index in [4.69, 9.17) is 0 Å². The maximum absolute atomic E-state index is 11.8. The van der Waals surface area contributed by atoms with E-state index in [0.29, 0.717) is 6.42 Å². The molecule has 0 heterocycles. The molecule has 1 nitrogen and oxygen atoms in total. The second kappa shape index (κ2) is 4.31. The lowest BCUT2D eigenvalue weighted by atomic mass is 10.0. The van der Waals surface area contributed by atoms with Gasteiger partial charge in [0, 0.05) is 12.0 Å². The molecular weight excluding hydrogens is 196 g/mol. The number of Topliss-reactive ketones (excluding diaryl/α,β-unsaturated/α-hetero) is 1. The van der Waals surface area contributed by atoms with E-state index in [1.165, 1.54) is 0 Å². The summed E-state index contributed by atoms with van der Waals surface area (Å²) >= 11 is 0. The Kier molecular flexibility index (Phi) is 2.86. The van der Waals surface area contributed by atoms with Gasteiger partial charge in [0.2, 0.25) is 0 Å². The molecule has 0 unspecified atom stereocenters. The minimum Gasteiger partial charge on any atom is -0.294 e. The fourth-order valence-electron chi connectivity index (χ4n) is 1.74. The maximum atomic E-state index is 11.8. The summed E-state index contributed by atoms with van der Waals surface area (Å²) in [5.41, 5.74) is 1.67. The van der Waals surface area contributed by atoms with Crippen molar-refractivity contribution >= 4 is 16.6 Å². The van der Waals surface area contributed by atoms with Crippen LogP contribution >= 0.6 is 0 Å². The highest BCUT2D eigenvalue weighted by Crippen LogP contribution is 2.17. The van der Waals surface area contributed by atoms with Crippen LogP contribution in [0.1, 0.15) is 23.7 Å². The summed E-state index contributed by atoms with van der Waals surface area (Å²) in [7, 11) is 0. The average molecular weight is 210 g/mol. The summed E-state index contributed by atoms with van der Waals surface area (Å²) in [6.07, 6.45) is 0.429. The molecule has 80 valence electrons. The van der Waals surface area contributed by atoms with Crippen LogP contribution in [0, 0.1) is 0 Å². The van der Waals surface area contributed by atoms with Crippen molar-refractivity contribution < 1.29 is 4.79 Å². The molecule has 0 aliphatic carbocycles. The Hall–Kier alpha value is -1.89. The molecule has 2 aromatic carbocycles. The fourth-order valence-corrected chi connectivity index (χ4v) is 1.74. The lowest BCUT2D eigenvalue weighted by molar-refractivity contribution is 0.0993. The second-order valence-corrected chi connectivity index (χ2v) is 4.12. The summed E-state index contributed by atoms with van der Waals surface area (Å²) in [4.78, 5) is 11.8. The van der Waals surface area contributed by atoms with Crippen molar-refractivity contribution in [3.05, 3.63) is 60.2 Å². The molecule has 0 bridgehead atoms. The fraction of sp³-hybridized carbons (Fsp3) is 0.133. The highest BCUT2D eigenvalue weighted by molar-refractivity contribution is 6.00. The van der Waals surface area contributed by atoms with Crippen molar-refractivity contribution in [2.24, 2.45) is 0 Å². The zero-order chi connectivity index (χ0) is 11.5. The maximum Gasteiger partial charge on any atom is 0.166 e. The molecular formula is C15H14O. The lowest BCUT2D eigenvalue weighted by Crippen LogP contribution is -1.98. The number of hydrogen-bond acceptors (Lipinski definition) is 1. The Labute approximate surface area is 95.4 Å².